The van der Waals surface area contributed by atoms with Crippen molar-refractivity contribution in [3.05, 3.63) is 57.0 Å². The van der Waals surface area contributed by atoms with Crippen LogP contribution in [0, 0.1) is 0 Å². The van der Waals surface area contributed by atoms with Gasteiger partial charge in [-0.2, -0.15) is 0 Å². The highest BCUT2D eigenvalue weighted by molar-refractivity contribution is 9.10. The summed E-state index contributed by atoms with van der Waals surface area (Å²) in [4.78, 5) is 0. The van der Waals surface area contributed by atoms with Gasteiger partial charge in [0, 0.05) is 10.0 Å². The van der Waals surface area contributed by atoms with Gasteiger partial charge in [-0.05, 0) is 23.8 Å². The molecular weight excluding hydrogens is 295 g/mol. The van der Waals surface area contributed by atoms with Crippen LogP contribution in [0.15, 0.2) is 46.9 Å². The quantitative estimate of drug-likeness (QED) is 0.659. The second-order valence-electron chi connectivity index (χ2n) is 3.11. The highest BCUT2D eigenvalue weighted by Gasteiger charge is 2.06. The van der Waals surface area contributed by atoms with Crippen LogP contribution < -0.4 is 0 Å². The molecule has 0 aliphatic carbocycles. The molecule has 2 aromatic carbocycles. The lowest BCUT2D eigenvalue weighted by Crippen LogP contribution is -1.80. The fourth-order valence-electron chi connectivity index (χ4n) is 1.38. The maximum absolute atomic E-state index is 6.13. The van der Waals surface area contributed by atoms with E-state index in [4.69, 9.17) is 23.2 Å². The Labute approximate surface area is 107 Å². The molecule has 0 saturated heterocycles. The fraction of sp³-hybridized carbons (Fsp3) is 0. The number of hydrogen-bond acceptors (Lipinski definition) is 0. The van der Waals surface area contributed by atoms with E-state index in [0.29, 0.717) is 10.0 Å². The van der Waals surface area contributed by atoms with Gasteiger partial charge in [-0.3, -0.25) is 0 Å². The van der Waals surface area contributed by atoms with Crippen LogP contribution >= 0.6 is 39.1 Å². The van der Waals surface area contributed by atoms with Gasteiger partial charge in [-0.1, -0.05) is 63.4 Å². The molecule has 0 spiro atoms. The molecule has 0 fully saturated rings. The highest BCUT2D eigenvalue weighted by atomic mass is 79.9. The molecule has 0 unspecified atom stereocenters. The Balaban J connectivity index is 2.59. The Kier molecular flexibility index (Phi) is 3.35. The molecule has 0 saturated carbocycles. The van der Waals surface area contributed by atoms with Crippen molar-refractivity contribution in [2.24, 2.45) is 0 Å². The lowest BCUT2D eigenvalue weighted by Gasteiger charge is -2.06. The monoisotopic (exact) mass is 300 g/mol. The van der Waals surface area contributed by atoms with Gasteiger partial charge in [-0.15, -0.1) is 0 Å². The molecule has 2 rings (SSSR count). The number of rotatable bonds is 1. The lowest BCUT2D eigenvalue weighted by atomic mass is 10.1. The van der Waals surface area contributed by atoms with E-state index in [1.807, 2.05) is 36.4 Å². The zero-order valence-electron chi connectivity index (χ0n) is 7.68. The van der Waals surface area contributed by atoms with E-state index in [2.05, 4.69) is 15.9 Å². The molecule has 0 aliphatic heterocycles. The molecular formula is C12H7BrCl2. The Bertz CT molecular complexity index is 495. The van der Waals surface area contributed by atoms with Crippen molar-refractivity contribution in [2.45, 2.75) is 0 Å². The molecule has 3 heteroatoms. The van der Waals surface area contributed by atoms with Crippen molar-refractivity contribution in [3.63, 3.8) is 0 Å². The molecule has 0 N–H and O–H groups in total. The van der Waals surface area contributed by atoms with Crippen molar-refractivity contribution >= 4 is 39.1 Å². The van der Waals surface area contributed by atoms with Gasteiger partial charge in [0.2, 0.25) is 0 Å². The lowest BCUT2D eigenvalue weighted by molar-refractivity contribution is 1.59. The van der Waals surface area contributed by atoms with Crippen LogP contribution in [0.3, 0.4) is 0 Å². The average Bonchev–Trinajstić information content (AvgIpc) is 2.22. The first-order valence-corrected chi connectivity index (χ1v) is 5.93. The van der Waals surface area contributed by atoms with Gasteiger partial charge in [0.15, 0.2) is 0 Å². The summed E-state index contributed by atoms with van der Waals surface area (Å²) in [6.07, 6.45) is 0. The Morgan fingerprint density at radius 2 is 1.67 bits per heavy atom. The van der Waals surface area contributed by atoms with Gasteiger partial charge < -0.3 is 0 Å². The first kappa shape index (κ1) is 11.0. The Hall–Kier alpha value is -0.500. The van der Waals surface area contributed by atoms with E-state index >= 15 is 0 Å². The molecule has 0 radical (unpaired) electrons. The van der Waals surface area contributed by atoms with E-state index in [1.54, 1.807) is 6.07 Å². The smallest absolute Gasteiger partial charge is 0.0670 e. The van der Waals surface area contributed by atoms with Gasteiger partial charge >= 0.3 is 0 Å². The van der Waals surface area contributed by atoms with Crippen molar-refractivity contribution in [1.82, 2.24) is 0 Å². The first-order chi connectivity index (χ1) is 7.18. The predicted molar refractivity (Wildman–Crippen MR) is 69.6 cm³/mol. The van der Waals surface area contributed by atoms with Crippen molar-refractivity contribution in [2.75, 3.05) is 0 Å². The summed E-state index contributed by atoms with van der Waals surface area (Å²) in [6, 6.07) is 13.6. The molecule has 0 aliphatic rings. The van der Waals surface area contributed by atoms with Gasteiger partial charge in [-0.25, -0.2) is 0 Å². The van der Waals surface area contributed by atoms with Gasteiger partial charge in [0.05, 0.1) is 10.0 Å². The van der Waals surface area contributed by atoms with E-state index in [-0.39, 0.29) is 0 Å². The second kappa shape index (κ2) is 4.56. The average molecular weight is 302 g/mol. The maximum Gasteiger partial charge on any atom is 0.0670 e. The van der Waals surface area contributed by atoms with E-state index in [9.17, 15) is 0 Å². The SMILES string of the molecule is Clc1cccc(-c2cccc(Br)c2)c1Cl. The molecule has 0 atom stereocenters. The first-order valence-electron chi connectivity index (χ1n) is 4.38. The van der Waals surface area contributed by atoms with Gasteiger partial charge in [0.1, 0.15) is 0 Å². The topological polar surface area (TPSA) is 0 Å². The Morgan fingerprint density at radius 3 is 2.40 bits per heavy atom. The van der Waals surface area contributed by atoms with Crippen LogP contribution in [0.1, 0.15) is 0 Å². The van der Waals surface area contributed by atoms with Gasteiger partial charge in [0.25, 0.3) is 0 Å². The van der Waals surface area contributed by atoms with Crippen molar-refractivity contribution in [3.8, 4) is 11.1 Å². The van der Waals surface area contributed by atoms with Crippen LogP contribution in [0.2, 0.25) is 10.0 Å². The maximum atomic E-state index is 6.13. The summed E-state index contributed by atoms with van der Waals surface area (Å²) in [5.41, 5.74) is 2.00. The largest absolute Gasteiger partial charge is 0.0827 e. The van der Waals surface area contributed by atoms with Crippen molar-refractivity contribution < 1.29 is 0 Å². The number of hydrogen-bond donors (Lipinski definition) is 0. The highest BCUT2D eigenvalue weighted by Crippen LogP contribution is 2.34. The third-order valence-corrected chi connectivity index (χ3v) is 3.40. The molecule has 0 amide bonds. The van der Waals surface area contributed by atoms with E-state index in [0.717, 1.165) is 15.6 Å². The summed E-state index contributed by atoms with van der Waals surface area (Å²) < 4.78 is 1.02. The third kappa shape index (κ3) is 2.36. The van der Waals surface area contributed by atoms with Crippen LogP contribution in [-0.2, 0) is 0 Å². The number of benzene rings is 2. The standard InChI is InChI=1S/C12H7BrCl2/c13-9-4-1-3-8(7-9)10-5-2-6-11(14)12(10)15/h1-7H. The van der Waals surface area contributed by atoms with Crippen molar-refractivity contribution in [1.29, 1.82) is 0 Å². The molecule has 0 heterocycles. The van der Waals surface area contributed by atoms with Crippen LogP contribution in [0.5, 0.6) is 0 Å². The zero-order chi connectivity index (χ0) is 10.8. The molecule has 15 heavy (non-hydrogen) atoms. The van der Waals surface area contributed by atoms with Crippen LogP contribution in [0.4, 0.5) is 0 Å². The van der Waals surface area contributed by atoms with Crippen LogP contribution in [0.25, 0.3) is 11.1 Å². The zero-order valence-corrected chi connectivity index (χ0v) is 10.8. The van der Waals surface area contributed by atoms with E-state index in [1.165, 1.54) is 0 Å². The minimum atomic E-state index is 0.578. The Morgan fingerprint density at radius 1 is 0.933 bits per heavy atom. The summed E-state index contributed by atoms with van der Waals surface area (Å²) in [7, 11) is 0. The fourth-order valence-corrected chi connectivity index (χ4v) is 2.19. The number of halogens is 3. The summed E-state index contributed by atoms with van der Waals surface area (Å²) in [5, 5.41) is 1.17. The minimum Gasteiger partial charge on any atom is -0.0827 e. The van der Waals surface area contributed by atoms with Crippen LogP contribution in [-0.4, -0.2) is 0 Å². The second-order valence-corrected chi connectivity index (χ2v) is 4.81. The molecule has 2 aromatic rings. The third-order valence-electron chi connectivity index (χ3n) is 2.09. The minimum absolute atomic E-state index is 0.578. The predicted octanol–water partition coefficient (Wildman–Crippen LogP) is 5.42. The van der Waals surface area contributed by atoms with E-state index < -0.39 is 0 Å². The summed E-state index contributed by atoms with van der Waals surface area (Å²) in [5.74, 6) is 0. The molecule has 0 aromatic heterocycles. The molecule has 76 valence electrons. The summed E-state index contributed by atoms with van der Waals surface area (Å²) in [6.45, 7) is 0. The molecule has 0 nitrogen and oxygen atoms in total. The summed E-state index contributed by atoms with van der Waals surface area (Å²) >= 11 is 15.5. The normalized spacial score (nSPS) is 10.3. The molecule has 0 bridgehead atoms.